The molecule has 0 bridgehead atoms. The molecule has 22 heavy (non-hydrogen) atoms. The molecule has 7 heteroatoms. The monoisotopic (exact) mass is 445 g/mol. The Balaban J connectivity index is 2.06. The molecule has 1 heterocycles. The first-order valence-electron chi connectivity index (χ1n) is 6.21. The molecule has 3 rings (SSSR count). The zero-order valence-electron chi connectivity index (χ0n) is 11.0. The van der Waals surface area contributed by atoms with E-state index in [2.05, 4.69) is 27.6 Å². The van der Waals surface area contributed by atoms with Crippen molar-refractivity contribution in [2.75, 3.05) is 0 Å². The quantitative estimate of drug-likeness (QED) is 0.446. The molecule has 1 aromatic heterocycles. The Bertz CT molecular complexity index is 943. The van der Waals surface area contributed by atoms with E-state index in [9.17, 15) is 8.42 Å². The molecule has 0 spiro atoms. The summed E-state index contributed by atoms with van der Waals surface area (Å²) in [6.07, 6.45) is 1.56. The molecule has 0 amide bonds. The molecule has 0 atom stereocenters. The molecule has 0 fully saturated rings. The normalized spacial score (nSPS) is 11.5. The van der Waals surface area contributed by atoms with E-state index in [0.29, 0.717) is 15.9 Å². The Morgan fingerprint density at radius 1 is 1.05 bits per heavy atom. The number of hydrogen-bond acceptors (Lipinski definition) is 4. The number of fused-ring (bicyclic) bond motifs is 1. The van der Waals surface area contributed by atoms with Gasteiger partial charge < -0.3 is 4.18 Å². The lowest BCUT2D eigenvalue weighted by molar-refractivity contribution is 0.488. The van der Waals surface area contributed by atoms with E-state index in [-0.39, 0.29) is 10.6 Å². The number of halogens is 2. The highest BCUT2D eigenvalue weighted by Gasteiger charge is 2.19. The summed E-state index contributed by atoms with van der Waals surface area (Å²) in [6, 6.07) is 13.0. The van der Waals surface area contributed by atoms with Gasteiger partial charge in [-0.2, -0.15) is 8.42 Å². The number of pyridine rings is 1. The van der Waals surface area contributed by atoms with E-state index >= 15 is 0 Å². The second-order valence-corrected chi connectivity index (χ2v) is 7.64. The van der Waals surface area contributed by atoms with Crippen molar-refractivity contribution in [3.63, 3.8) is 0 Å². The fraction of sp³-hybridized carbons (Fsp3) is 0. The predicted molar refractivity (Wildman–Crippen MR) is 93.7 cm³/mol. The van der Waals surface area contributed by atoms with Crippen LogP contribution in [0.15, 0.2) is 59.6 Å². The third-order valence-electron chi connectivity index (χ3n) is 2.98. The zero-order chi connectivity index (χ0) is 15.7. The summed E-state index contributed by atoms with van der Waals surface area (Å²) in [6.45, 7) is 0. The van der Waals surface area contributed by atoms with Crippen LogP contribution in [0.25, 0.3) is 10.9 Å². The van der Waals surface area contributed by atoms with Crippen LogP contribution >= 0.6 is 34.2 Å². The summed E-state index contributed by atoms with van der Waals surface area (Å²) in [7, 11) is -3.92. The number of nitrogens with zero attached hydrogens (tertiary/aromatic N) is 1. The molecule has 0 unspecified atom stereocenters. The van der Waals surface area contributed by atoms with Crippen molar-refractivity contribution in [3.05, 3.63) is 63.3 Å². The maximum atomic E-state index is 12.4. The standard InChI is InChI=1S/C15H9ClINO3S/c16-13-7-8-14(15-12(13)2-1-9-18-15)21-22(19,20)11-5-3-10(17)4-6-11/h1-9H. The van der Waals surface area contributed by atoms with Crippen LogP contribution in [0.4, 0.5) is 0 Å². The number of hydrogen-bond donors (Lipinski definition) is 0. The van der Waals surface area contributed by atoms with Crippen LogP contribution < -0.4 is 4.18 Å². The van der Waals surface area contributed by atoms with Gasteiger partial charge in [-0.3, -0.25) is 4.98 Å². The summed E-state index contributed by atoms with van der Waals surface area (Å²) in [5.41, 5.74) is 0.407. The lowest BCUT2D eigenvalue weighted by atomic mass is 10.2. The molecule has 4 nitrogen and oxygen atoms in total. The Morgan fingerprint density at radius 2 is 1.77 bits per heavy atom. The van der Waals surface area contributed by atoms with E-state index in [1.165, 1.54) is 18.2 Å². The maximum absolute atomic E-state index is 12.4. The Kier molecular flexibility index (Phi) is 4.24. The highest BCUT2D eigenvalue weighted by Crippen LogP contribution is 2.31. The molecular weight excluding hydrogens is 437 g/mol. The molecule has 0 saturated heterocycles. The van der Waals surface area contributed by atoms with E-state index in [0.717, 1.165) is 3.57 Å². The van der Waals surface area contributed by atoms with Crippen molar-refractivity contribution in [2.24, 2.45) is 0 Å². The summed E-state index contributed by atoms with van der Waals surface area (Å²) in [5.74, 6) is 0.151. The second-order valence-electron chi connectivity index (χ2n) is 4.44. The van der Waals surface area contributed by atoms with Crippen LogP contribution in [0.5, 0.6) is 5.75 Å². The minimum absolute atomic E-state index is 0.0898. The second kappa shape index (κ2) is 6.02. The molecule has 0 aliphatic heterocycles. The Morgan fingerprint density at radius 3 is 2.50 bits per heavy atom. The predicted octanol–water partition coefficient (Wildman–Crippen LogP) is 4.26. The van der Waals surface area contributed by atoms with Gasteiger partial charge >= 0.3 is 10.1 Å². The van der Waals surface area contributed by atoms with Crippen LogP contribution in [-0.2, 0) is 10.1 Å². The highest BCUT2D eigenvalue weighted by molar-refractivity contribution is 14.1. The summed E-state index contributed by atoms with van der Waals surface area (Å²) < 4.78 is 30.9. The topological polar surface area (TPSA) is 56.3 Å². The number of aromatic nitrogens is 1. The third kappa shape index (κ3) is 3.04. The average Bonchev–Trinajstić information content (AvgIpc) is 2.51. The van der Waals surface area contributed by atoms with Crippen LogP contribution in [0, 0.1) is 3.57 Å². The van der Waals surface area contributed by atoms with E-state index < -0.39 is 10.1 Å². The lowest BCUT2D eigenvalue weighted by Crippen LogP contribution is -2.10. The van der Waals surface area contributed by atoms with Crippen molar-refractivity contribution in [2.45, 2.75) is 4.90 Å². The Labute approximate surface area is 146 Å². The molecule has 0 saturated carbocycles. The molecule has 3 aromatic rings. The molecule has 2 aromatic carbocycles. The highest BCUT2D eigenvalue weighted by atomic mass is 127. The van der Waals surface area contributed by atoms with Crippen molar-refractivity contribution < 1.29 is 12.6 Å². The largest absolute Gasteiger partial charge is 0.377 e. The van der Waals surface area contributed by atoms with E-state index in [4.69, 9.17) is 15.8 Å². The molecule has 0 aliphatic carbocycles. The zero-order valence-corrected chi connectivity index (χ0v) is 14.8. The summed E-state index contributed by atoms with van der Waals surface area (Å²) >= 11 is 8.19. The first-order valence-corrected chi connectivity index (χ1v) is 9.07. The minimum atomic E-state index is -3.92. The third-order valence-corrected chi connectivity index (χ3v) is 5.28. The van der Waals surface area contributed by atoms with Gasteiger partial charge in [-0.05, 0) is 71.1 Å². The first kappa shape index (κ1) is 15.5. The van der Waals surface area contributed by atoms with Crippen LogP contribution in [0.1, 0.15) is 0 Å². The van der Waals surface area contributed by atoms with Crippen LogP contribution in [-0.4, -0.2) is 13.4 Å². The smallest absolute Gasteiger partial charge is 0.339 e. The average molecular weight is 446 g/mol. The lowest BCUT2D eigenvalue weighted by Gasteiger charge is -2.10. The SMILES string of the molecule is O=S(=O)(Oc1ccc(Cl)c2cccnc12)c1ccc(I)cc1. The van der Waals surface area contributed by atoms with E-state index in [1.54, 1.807) is 36.5 Å². The van der Waals surface area contributed by atoms with Gasteiger partial charge in [0.1, 0.15) is 10.4 Å². The van der Waals surface area contributed by atoms with Gasteiger partial charge in [0.05, 0.1) is 5.02 Å². The first-order chi connectivity index (χ1) is 10.5. The van der Waals surface area contributed by atoms with Crippen molar-refractivity contribution in [3.8, 4) is 5.75 Å². The molecular formula is C15H9ClINO3S. The summed E-state index contributed by atoms with van der Waals surface area (Å²) in [4.78, 5) is 4.25. The Hall–Kier alpha value is -1.38. The fourth-order valence-corrected chi connectivity index (χ4v) is 3.46. The van der Waals surface area contributed by atoms with Crippen molar-refractivity contribution >= 4 is 55.2 Å². The van der Waals surface area contributed by atoms with Gasteiger partial charge in [0.15, 0.2) is 5.75 Å². The molecule has 0 N–H and O–H groups in total. The van der Waals surface area contributed by atoms with Gasteiger partial charge in [-0.1, -0.05) is 11.6 Å². The maximum Gasteiger partial charge on any atom is 0.339 e. The van der Waals surface area contributed by atoms with Crippen LogP contribution in [0.3, 0.4) is 0 Å². The molecule has 0 radical (unpaired) electrons. The number of rotatable bonds is 3. The number of benzene rings is 2. The fourth-order valence-electron chi connectivity index (χ4n) is 1.95. The van der Waals surface area contributed by atoms with Crippen molar-refractivity contribution in [1.29, 1.82) is 0 Å². The van der Waals surface area contributed by atoms with Crippen molar-refractivity contribution in [1.82, 2.24) is 4.98 Å². The van der Waals surface area contributed by atoms with E-state index in [1.807, 2.05) is 0 Å². The van der Waals surface area contributed by atoms with Gasteiger partial charge in [-0.25, -0.2) is 0 Å². The van der Waals surface area contributed by atoms with Gasteiger partial charge in [0.2, 0.25) is 0 Å². The summed E-state index contributed by atoms with van der Waals surface area (Å²) in [5, 5.41) is 1.13. The van der Waals surface area contributed by atoms with Gasteiger partial charge in [-0.15, -0.1) is 0 Å². The van der Waals surface area contributed by atoms with Crippen LogP contribution in [0.2, 0.25) is 5.02 Å². The molecule has 112 valence electrons. The minimum Gasteiger partial charge on any atom is -0.377 e. The molecule has 0 aliphatic rings. The van der Waals surface area contributed by atoms with Gasteiger partial charge in [0, 0.05) is 15.2 Å². The van der Waals surface area contributed by atoms with Gasteiger partial charge in [0.25, 0.3) is 0 Å².